The van der Waals surface area contributed by atoms with E-state index < -0.39 is 10.0 Å². The lowest BCUT2D eigenvalue weighted by Crippen LogP contribution is -2.37. The average Bonchev–Trinajstić information content (AvgIpc) is 3.36. The highest BCUT2D eigenvalue weighted by Crippen LogP contribution is 2.31. The molecule has 6 nitrogen and oxygen atoms in total. The van der Waals surface area contributed by atoms with Crippen LogP contribution in [0.4, 0.5) is 0 Å². The molecule has 0 amide bonds. The minimum absolute atomic E-state index is 0.0186. The lowest BCUT2D eigenvalue weighted by molar-refractivity contribution is 0.455. The number of hydrogen-bond donors (Lipinski definition) is 1. The van der Waals surface area contributed by atoms with Gasteiger partial charge in [-0.05, 0) is 36.2 Å². The van der Waals surface area contributed by atoms with Crippen LogP contribution in [0.2, 0.25) is 5.02 Å². The van der Waals surface area contributed by atoms with Gasteiger partial charge >= 0.3 is 0 Å². The lowest BCUT2D eigenvalue weighted by Gasteiger charge is -2.20. The van der Waals surface area contributed by atoms with Crippen molar-refractivity contribution in [2.24, 2.45) is 7.05 Å². The van der Waals surface area contributed by atoms with E-state index in [4.69, 9.17) is 11.6 Å². The maximum Gasteiger partial charge on any atom is 0.262 e. The van der Waals surface area contributed by atoms with Crippen molar-refractivity contribution in [3.05, 3.63) is 83.3 Å². The van der Waals surface area contributed by atoms with E-state index in [0.29, 0.717) is 13.1 Å². The molecule has 1 aromatic heterocycles. The van der Waals surface area contributed by atoms with Crippen molar-refractivity contribution in [3.8, 4) is 0 Å². The Morgan fingerprint density at radius 3 is 2.63 bits per heavy atom. The van der Waals surface area contributed by atoms with Gasteiger partial charge in [0.2, 0.25) is 0 Å². The van der Waals surface area contributed by atoms with E-state index in [-0.39, 0.29) is 17.0 Å². The van der Waals surface area contributed by atoms with Gasteiger partial charge in [-0.15, -0.1) is 0 Å². The molecule has 2 heterocycles. The minimum atomic E-state index is -3.63. The van der Waals surface area contributed by atoms with Gasteiger partial charge in [0.1, 0.15) is 0 Å². The van der Waals surface area contributed by atoms with Crippen molar-refractivity contribution in [2.75, 3.05) is 19.6 Å². The largest absolute Gasteiger partial charge is 0.339 e. The van der Waals surface area contributed by atoms with Crippen LogP contribution in [-0.4, -0.2) is 48.0 Å². The van der Waals surface area contributed by atoms with Crippen LogP contribution in [0, 0.1) is 0 Å². The third kappa shape index (κ3) is 4.59. The second-order valence-electron chi connectivity index (χ2n) is 7.66. The predicted octanol–water partition coefficient (Wildman–Crippen LogP) is 3.06. The summed E-state index contributed by atoms with van der Waals surface area (Å²) >= 11 is 6.08. The SMILES string of the molecule is Cn1cnc(S(=O)(=O)N2C[C@H](NCCc3cccc(Cl)c3)[C@@H](c3ccccc3)C2)c1. The molecule has 1 saturated heterocycles. The van der Waals surface area contributed by atoms with Gasteiger partial charge < -0.3 is 9.88 Å². The van der Waals surface area contributed by atoms with Crippen LogP contribution in [0.5, 0.6) is 0 Å². The van der Waals surface area contributed by atoms with Crippen molar-refractivity contribution in [3.63, 3.8) is 0 Å². The molecule has 0 spiro atoms. The summed E-state index contributed by atoms with van der Waals surface area (Å²) in [5.41, 5.74) is 2.29. The Kier molecular flexibility index (Phi) is 6.24. The zero-order valence-electron chi connectivity index (χ0n) is 16.8. The fraction of sp³-hybridized carbons (Fsp3) is 0.318. The van der Waals surface area contributed by atoms with Crippen LogP contribution in [0.3, 0.4) is 0 Å². The van der Waals surface area contributed by atoms with Gasteiger partial charge in [-0.3, -0.25) is 0 Å². The van der Waals surface area contributed by atoms with E-state index in [0.717, 1.165) is 29.1 Å². The first kappa shape index (κ1) is 21.1. The topological polar surface area (TPSA) is 67.2 Å². The molecule has 8 heteroatoms. The van der Waals surface area contributed by atoms with E-state index in [9.17, 15) is 8.42 Å². The van der Waals surface area contributed by atoms with Crippen molar-refractivity contribution in [1.29, 1.82) is 0 Å². The smallest absolute Gasteiger partial charge is 0.262 e. The summed E-state index contributed by atoms with van der Waals surface area (Å²) in [6, 6.07) is 17.9. The number of nitrogens with one attached hydrogen (secondary N) is 1. The van der Waals surface area contributed by atoms with E-state index >= 15 is 0 Å². The third-order valence-electron chi connectivity index (χ3n) is 5.51. The van der Waals surface area contributed by atoms with Crippen LogP contribution in [-0.2, 0) is 23.5 Å². The average molecular weight is 445 g/mol. The summed E-state index contributed by atoms with van der Waals surface area (Å²) in [5.74, 6) is 0.0732. The monoisotopic (exact) mass is 444 g/mol. The summed E-state index contributed by atoms with van der Waals surface area (Å²) in [7, 11) is -1.86. The van der Waals surface area contributed by atoms with E-state index in [1.165, 1.54) is 6.33 Å². The lowest BCUT2D eigenvalue weighted by atomic mass is 9.94. The number of nitrogens with zero attached hydrogens (tertiary/aromatic N) is 3. The standard InChI is InChI=1S/C22H25ClN4O2S/c1-26-15-22(25-16-26)30(28,29)27-13-20(18-7-3-2-4-8-18)21(14-27)24-11-10-17-6-5-9-19(23)12-17/h2-9,12,15-16,20-21,24H,10-11,13-14H2,1H3/t20-,21+/m1/s1. The number of halogens is 1. The van der Waals surface area contributed by atoms with E-state index in [1.807, 2.05) is 36.4 Å². The predicted molar refractivity (Wildman–Crippen MR) is 118 cm³/mol. The third-order valence-corrected chi connectivity index (χ3v) is 7.46. The van der Waals surface area contributed by atoms with Crippen LogP contribution in [0.1, 0.15) is 17.0 Å². The normalized spacial score (nSPS) is 19.9. The molecular formula is C22H25ClN4O2S. The Morgan fingerprint density at radius 1 is 1.13 bits per heavy atom. The minimum Gasteiger partial charge on any atom is -0.339 e. The van der Waals surface area contributed by atoms with E-state index in [2.05, 4.69) is 28.5 Å². The molecule has 0 unspecified atom stereocenters. The molecule has 0 radical (unpaired) electrons. The van der Waals surface area contributed by atoms with Gasteiger partial charge in [0.05, 0.1) is 6.33 Å². The maximum atomic E-state index is 13.1. The molecule has 1 aliphatic rings. The number of benzene rings is 2. The molecular weight excluding hydrogens is 420 g/mol. The van der Waals surface area contributed by atoms with Gasteiger partial charge in [0, 0.05) is 43.3 Å². The summed E-state index contributed by atoms with van der Waals surface area (Å²) in [5, 5.41) is 4.40. The Balaban J connectivity index is 1.51. The van der Waals surface area contributed by atoms with Crippen LogP contribution in [0.15, 0.2) is 72.1 Å². The highest BCUT2D eigenvalue weighted by Gasteiger charge is 2.40. The summed E-state index contributed by atoms with van der Waals surface area (Å²) in [6.07, 6.45) is 3.89. The number of imidazole rings is 1. The maximum absolute atomic E-state index is 13.1. The van der Waals surface area contributed by atoms with Crippen molar-refractivity contribution < 1.29 is 8.42 Å². The second-order valence-corrected chi connectivity index (χ2v) is 9.98. The van der Waals surface area contributed by atoms with Gasteiger partial charge in [0.25, 0.3) is 10.0 Å². The van der Waals surface area contributed by atoms with Gasteiger partial charge in [-0.25, -0.2) is 13.4 Å². The molecule has 1 N–H and O–H groups in total. The zero-order chi connectivity index (χ0) is 21.1. The van der Waals surface area contributed by atoms with Crippen molar-refractivity contribution >= 4 is 21.6 Å². The fourth-order valence-electron chi connectivity index (χ4n) is 3.96. The van der Waals surface area contributed by atoms with Crippen molar-refractivity contribution in [2.45, 2.75) is 23.4 Å². The second kappa shape index (κ2) is 8.89. The molecule has 1 aliphatic heterocycles. The highest BCUT2D eigenvalue weighted by molar-refractivity contribution is 7.89. The Hall–Kier alpha value is -2.19. The molecule has 0 bridgehead atoms. The number of aromatic nitrogens is 2. The van der Waals surface area contributed by atoms with Crippen LogP contribution >= 0.6 is 11.6 Å². The van der Waals surface area contributed by atoms with Gasteiger partial charge in [-0.1, -0.05) is 54.1 Å². The van der Waals surface area contributed by atoms with Gasteiger partial charge in [0.15, 0.2) is 5.03 Å². The molecule has 2 atom stereocenters. The molecule has 1 fully saturated rings. The first-order valence-electron chi connectivity index (χ1n) is 9.94. The zero-order valence-corrected chi connectivity index (χ0v) is 18.4. The number of rotatable bonds is 7. The van der Waals surface area contributed by atoms with Crippen LogP contribution in [0.25, 0.3) is 0 Å². The van der Waals surface area contributed by atoms with E-state index in [1.54, 1.807) is 22.1 Å². The summed E-state index contributed by atoms with van der Waals surface area (Å²) in [6.45, 7) is 1.58. The summed E-state index contributed by atoms with van der Waals surface area (Å²) < 4.78 is 29.4. The number of sulfonamides is 1. The van der Waals surface area contributed by atoms with Crippen molar-refractivity contribution in [1.82, 2.24) is 19.2 Å². The molecule has 30 heavy (non-hydrogen) atoms. The first-order valence-corrected chi connectivity index (χ1v) is 11.8. The molecule has 0 aliphatic carbocycles. The number of aryl methyl sites for hydroxylation is 1. The highest BCUT2D eigenvalue weighted by atomic mass is 35.5. The number of hydrogen-bond acceptors (Lipinski definition) is 4. The Labute approximate surface area is 182 Å². The molecule has 0 saturated carbocycles. The molecule has 2 aromatic carbocycles. The quantitative estimate of drug-likeness (QED) is 0.608. The first-order chi connectivity index (χ1) is 14.4. The van der Waals surface area contributed by atoms with Gasteiger partial charge in [-0.2, -0.15) is 4.31 Å². The molecule has 158 valence electrons. The van der Waals surface area contributed by atoms with Crippen LogP contribution < -0.4 is 5.32 Å². The molecule has 3 aromatic rings. The fourth-order valence-corrected chi connectivity index (χ4v) is 5.63. The Bertz CT molecular complexity index is 1100. The molecule has 4 rings (SSSR count). The summed E-state index contributed by atoms with van der Waals surface area (Å²) in [4.78, 5) is 4.07. The Morgan fingerprint density at radius 2 is 1.93 bits per heavy atom.